The summed E-state index contributed by atoms with van der Waals surface area (Å²) in [5.74, 6) is -2.43. The second kappa shape index (κ2) is 4.53. The molecule has 0 aromatic rings. The van der Waals surface area contributed by atoms with Gasteiger partial charge in [-0.2, -0.15) is 5.26 Å². The molecule has 0 spiro atoms. The smallest absolute Gasteiger partial charge is 0.251 e. The monoisotopic (exact) mass is 242 g/mol. The van der Waals surface area contributed by atoms with Crippen molar-refractivity contribution in [3.05, 3.63) is 0 Å². The highest BCUT2D eigenvalue weighted by Crippen LogP contribution is 2.41. The maximum absolute atomic E-state index is 12.7. The third-order valence-electron chi connectivity index (χ3n) is 4.26. The number of rotatable bonds is 3. The molecule has 17 heavy (non-hydrogen) atoms. The van der Waals surface area contributed by atoms with Gasteiger partial charge in [-0.1, -0.05) is 6.92 Å². The predicted octanol–water partition coefficient (Wildman–Crippen LogP) is 3.24. The maximum atomic E-state index is 12.7. The zero-order chi connectivity index (χ0) is 12.5. The molecule has 0 radical (unpaired) electrons. The molecule has 2 aliphatic carbocycles. The molecule has 1 N–H and O–H groups in total. The van der Waals surface area contributed by atoms with Crippen molar-refractivity contribution in [2.45, 2.75) is 69.9 Å². The summed E-state index contributed by atoms with van der Waals surface area (Å²) in [7, 11) is 0. The van der Waals surface area contributed by atoms with Crippen molar-refractivity contribution in [2.75, 3.05) is 0 Å². The minimum atomic E-state index is -2.43. The third-order valence-corrected chi connectivity index (χ3v) is 4.26. The third kappa shape index (κ3) is 3.16. The Bertz CT molecular complexity index is 306. The standard InChI is InChI=1S/C13H20F2N2/c1-12(6-7-16)4-2-10(3-5-12)17-11-8-13(14,15)9-11/h10-11,17H,2-6,8-9H2,1H3/t10-,12+. The molecule has 0 atom stereocenters. The molecule has 96 valence electrons. The molecule has 0 aromatic heterocycles. The van der Waals surface area contributed by atoms with E-state index in [0.29, 0.717) is 12.5 Å². The van der Waals surface area contributed by atoms with Crippen LogP contribution in [0.2, 0.25) is 0 Å². The minimum Gasteiger partial charge on any atom is -0.311 e. The van der Waals surface area contributed by atoms with Crippen LogP contribution in [0, 0.1) is 16.7 Å². The van der Waals surface area contributed by atoms with E-state index >= 15 is 0 Å². The topological polar surface area (TPSA) is 35.8 Å². The van der Waals surface area contributed by atoms with Crippen molar-refractivity contribution in [1.82, 2.24) is 5.32 Å². The zero-order valence-corrected chi connectivity index (χ0v) is 10.3. The Morgan fingerprint density at radius 3 is 2.29 bits per heavy atom. The lowest BCUT2D eigenvalue weighted by Crippen LogP contribution is -2.52. The van der Waals surface area contributed by atoms with Crippen LogP contribution in [0.25, 0.3) is 0 Å². The Labute approximate surface area is 101 Å². The predicted molar refractivity (Wildman–Crippen MR) is 61.7 cm³/mol. The van der Waals surface area contributed by atoms with Gasteiger partial charge in [0.25, 0.3) is 5.92 Å². The van der Waals surface area contributed by atoms with Gasteiger partial charge in [0.2, 0.25) is 0 Å². The summed E-state index contributed by atoms with van der Waals surface area (Å²) < 4.78 is 25.4. The van der Waals surface area contributed by atoms with Crippen molar-refractivity contribution < 1.29 is 8.78 Å². The first-order chi connectivity index (χ1) is 7.92. The fraction of sp³-hybridized carbons (Fsp3) is 0.923. The van der Waals surface area contributed by atoms with Crippen LogP contribution in [0.15, 0.2) is 0 Å². The van der Waals surface area contributed by atoms with Crippen LogP contribution in [0.4, 0.5) is 8.78 Å². The molecule has 2 aliphatic rings. The summed E-state index contributed by atoms with van der Waals surface area (Å²) in [4.78, 5) is 0. The summed E-state index contributed by atoms with van der Waals surface area (Å²) in [6, 6.07) is 2.63. The Hall–Kier alpha value is -0.690. The second-order valence-corrected chi connectivity index (χ2v) is 6.05. The number of nitrogens with zero attached hydrogens (tertiary/aromatic N) is 1. The van der Waals surface area contributed by atoms with Gasteiger partial charge in [0.05, 0.1) is 6.07 Å². The number of nitrogens with one attached hydrogen (secondary N) is 1. The maximum Gasteiger partial charge on any atom is 0.251 e. The van der Waals surface area contributed by atoms with Gasteiger partial charge in [-0.05, 0) is 31.1 Å². The Morgan fingerprint density at radius 1 is 1.24 bits per heavy atom. The lowest BCUT2D eigenvalue weighted by atomic mass is 9.72. The van der Waals surface area contributed by atoms with Crippen molar-refractivity contribution >= 4 is 0 Å². The lowest BCUT2D eigenvalue weighted by Gasteiger charge is -2.42. The van der Waals surface area contributed by atoms with Gasteiger partial charge >= 0.3 is 0 Å². The van der Waals surface area contributed by atoms with E-state index in [2.05, 4.69) is 18.3 Å². The molecular formula is C13H20F2N2. The second-order valence-electron chi connectivity index (χ2n) is 6.05. The van der Waals surface area contributed by atoms with Gasteiger partial charge in [-0.25, -0.2) is 8.78 Å². The number of hydrogen-bond acceptors (Lipinski definition) is 2. The zero-order valence-electron chi connectivity index (χ0n) is 10.3. The highest BCUT2D eigenvalue weighted by atomic mass is 19.3. The minimum absolute atomic E-state index is 0.00103. The van der Waals surface area contributed by atoms with Gasteiger partial charge in [0.15, 0.2) is 0 Å². The molecule has 2 fully saturated rings. The average molecular weight is 242 g/mol. The van der Waals surface area contributed by atoms with Crippen LogP contribution in [0.5, 0.6) is 0 Å². The van der Waals surface area contributed by atoms with E-state index in [4.69, 9.17) is 5.26 Å². The fourth-order valence-electron chi connectivity index (χ4n) is 2.96. The molecule has 0 unspecified atom stereocenters. The van der Waals surface area contributed by atoms with Crippen LogP contribution in [0.3, 0.4) is 0 Å². The van der Waals surface area contributed by atoms with Gasteiger partial charge in [0, 0.05) is 31.3 Å². The van der Waals surface area contributed by atoms with Crippen LogP contribution in [-0.4, -0.2) is 18.0 Å². The number of hydrogen-bond donors (Lipinski definition) is 1. The molecule has 0 aromatic carbocycles. The van der Waals surface area contributed by atoms with E-state index < -0.39 is 5.92 Å². The summed E-state index contributed by atoms with van der Waals surface area (Å²) in [6.07, 6.45) is 4.70. The lowest BCUT2D eigenvalue weighted by molar-refractivity contribution is -0.0960. The number of alkyl halides is 2. The van der Waals surface area contributed by atoms with E-state index in [1.54, 1.807) is 0 Å². The van der Waals surface area contributed by atoms with Crippen molar-refractivity contribution in [3.63, 3.8) is 0 Å². The molecule has 2 nitrogen and oxygen atoms in total. The Kier molecular flexibility index (Phi) is 3.40. The van der Waals surface area contributed by atoms with E-state index in [-0.39, 0.29) is 24.3 Å². The summed E-state index contributed by atoms with van der Waals surface area (Å²) >= 11 is 0. The van der Waals surface area contributed by atoms with Crippen LogP contribution >= 0.6 is 0 Å². The Balaban J connectivity index is 1.72. The van der Waals surface area contributed by atoms with Crippen molar-refractivity contribution in [2.24, 2.45) is 5.41 Å². The Morgan fingerprint density at radius 2 is 1.82 bits per heavy atom. The van der Waals surface area contributed by atoms with Crippen molar-refractivity contribution in [3.8, 4) is 6.07 Å². The van der Waals surface area contributed by atoms with Crippen LogP contribution in [-0.2, 0) is 0 Å². The van der Waals surface area contributed by atoms with E-state index in [9.17, 15) is 8.78 Å². The van der Waals surface area contributed by atoms with Crippen LogP contribution < -0.4 is 5.32 Å². The van der Waals surface area contributed by atoms with E-state index in [1.807, 2.05) is 0 Å². The molecule has 2 saturated carbocycles. The summed E-state index contributed by atoms with van der Waals surface area (Å²) in [6.45, 7) is 2.16. The highest BCUT2D eigenvalue weighted by molar-refractivity contribution is 4.96. The van der Waals surface area contributed by atoms with E-state index in [0.717, 1.165) is 25.7 Å². The average Bonchev–Trinajstić information content (AvgIpc) is 2.19. The van der Waals surface area contributed by atoms with Gasteiger partial charge < -0.3 is 5.32 Å². The number of halogens is 2. The molecule has 0 saturated heterocycles. The first-order valence-corrected chi connectivity index (χ1v) is 6.43. The molecule has 4 heteroatoms. The SMILES string of the molecule is C[C@]1(CC#N)CC[C@@H](NC2CC(F)(F)C2)CC1. The summed E-state index contributed by atoms with van der Waals surface area (Å²) in [5, 5.41) is 12.1. The first-order valence-electron chi connectivity index (χ1n) is 6.43. The quantitative estimate of drug-likeness (QED) is 0.824. The highest BCUT2D eigenvalue weighted by Gasteiger charge is 2.46. The molecule has 0 aliphatic heterocycles. The summed E-state index contributed by atoms with van der Waals surface area (Å²) in [5.41, 5.74) is 0.149. The van der Waals surface area contributed by atoms with Gasteiger partial charge in [0.1, 0.15) is 0 Å². The molecule has 2 rings (SSSR count). The van der Waals surface area contributed by atoms with Gasteiger partial charge in [-0.15, -0.1) is 0 Å². The first kappa shape index (κ1) is 12.8. The number of nitriles is 1. The largest absolute Gasteiger partial charge is 0.311 e. The van der Waals surface area contributed by atoms with Crippen molar-refractivity contribution in [1.29, 1.82) is 5.26 Å². The normalized spacial score (nSPS) is 37.2. The molecular weight excluding hydrogens is 222 g/mol. The molecule has 0 bridgehead atoms. The molecule has 0 heterocycles. The fourth-order valence-corrected chi connectivity index (χ4v) is 2.96. The van der Waals surface area contributed by atoms with E-state index in [1.165, 1.54) is 0 Å². The van der Waals surface area contributed by atoms with Gasteiger partial charge in [-0.3, -0.25) is 0 Å². The van der Waals surface area contributed by atoms with Crippen LogP contribution in [0.1, 0.15) is 51.9 Å². The molecule has 0 amide bonds.